The summed E-state index contributed by atoms with van der Waals surface area (Å²) >= 11 is 6.58. The van der Waals surface area contributed by atoms with E-state index in [-0.39, 0.29) is 9.71 Å². The van der Waals surface area contributed by atoms with E-state index >= 15 is 0 Å². The molecule has 5 heteroatoms. The number of carbonyl (C=O) groups is 1. The molecule has 0 saturated carbocycles. The maximum absolute atomic E-state index is 11.1. The first-order valence-corrected chi connectivity index (χ1v) is 5.30. The van der Waals surface area contributed by atoms with E-state index in [4.69, 9.17) is 0 Å². The fraction of sp³-hybridized carbons (Fsp3) is 0.250. The van der Waals surface area contributed by atoms with Gasteiger partial charge >= 0.3 is 5.97 Å². The maximum atomic E-state index is 11.1. The molecule has 0 aliphatic rings. The number of pyridine rings is 1. The zero-order valence-corrected chi connectivity index (χ0v) is 10.0. The maximum Gasteiger partial charge on any atom is 0.337 e. The van der Waals surface area contributed by atoms with Gasteiger partial charge in [0.1, 0.15) is 3.74 Å². The van der Waals surface area contributed by atoms with E-state index in [9.17, 15) is 4.79 Å². The third kappa shape index (κ3) is 2.77. The third-order valence-electron chi connectivity index (χ3n) is 1.43. The van der Waals surface area contributed by atoms with Gasteiger partial charge in [-0.2, -0.15) is 0 Å². The van der Waals surface area contributed by atoms with Crippen LogP contribution in [0.5, 0.6) is 0 Å². The van der Waals surface area contributed by atoms with Crippen molar-refractivity contribution in [1.82, 2.24) is 4.98 Å². The highest BCUT2D eigenvalue weighted by atomic mass is 79.9. The third-order valence-corrected chi connectivity index (χ3v) is 2.36. The lowest BCUT2D eigenvalue weighted by molar-refractivity contribution is 0.0600. The Kier molecular flexibility index (Phi) is 3.87. The molecule has 0 unspecified atom stereocenters. The van der Waals surface area contributed by atoms with Crippen molar-refractivity contribution in [2.24, 2.45) is 0 Å². The number of hydrogen-bond donors (Lipinski definition) is 0. The zero-order chi connectivity index (χ0) is 9.84. The molecule has 1 aromatic rings. The first-order chi connectivity index (χ1) is 6.15. The monoisotopic (exact) mass is 307 g/mol. The van der Waals surface area contributed by atoms with Crippen LogP contribution in [0.25, 0.3) is 0 Å². The number of aromatic nitrogens is 1. The second kappa shape index (κ2) is 4.72. The molecule has 0 aliphatic heterocycles. The van der Waals surface area contributed by atoms with Crippen LogP contribution >= 0.6 is 31.9 Å². The SMILES string of the molecule is COC(=O)c1ccnc(C(Br)Br)c1. The molecule has 0 N–H and O–H groups in total. The van der Waals surface area contributed by atoms with Crippen molar-refractivity contribution in [3.8, 4) is 0 Å². The molecule has 3 nitrogen and oxygen atoms in total. The molecule has 1 heterocycles. The Labute approximate surface area is 92.8 Å². The summed E-state index contributed by atoms with van der Waals surface area (Å²) in [6.07, 6.45) is 1.57. The topological polar surface area (TPSA) is 39.2 Å². The lowest BCUT2D eigenvalue weighted by atomic mass is 10.2. The van der Waals surface area contributed by atoms with E-state index in [1.807, 2.05) is 0 Å². The van der Waals surface area contributed by atoms with Crippen LogP contribution in [0, 0.1) is 0 Å². The number of halogens is 2. The molecular weight excluding hydrogens is 302 g/mol. The lowest BCUT2D eigenvalue weighted by Gasteiger charge is -2.03. The highest BCUT2D eigenvalue weighted by Crippen LogP contribution is 2.27. The fourth-order valence-corrected chi connectivity index (χ4v) is 1.31. The van der Waals surface area contributed by atoms with Gasteiger partial charge in [0.2, 0.25) is 0 Å². The number of esters is 1. The minimum absolute atomic E-state index is 0.0513. The number of alkyl halides is 2. The lowest BCUT2D eigenvalue weighted by Crippen LogP contribution is -2.02. The summed E-state index contributed by atoms with van der Waals surface area (Å²) in [5.74, 6) is -0.357. The van der Waals surface area contributed by atoms with Gasteiger partial charge in [0.05, 0.1) is 18.4 Å². The smallest absolute Gasteiger partial charge is 0.337 e. The van der Waals surface area contributed by atoms with Gasteiger partial charge in [-0.05, 0) is 12.1 Å². The molecule has 13 heavy (non-hydrogen) atoms. The highest BCUT2D eigenvalue weighted by Gasteiger charge is 2.09. The molecule has 1 rings (SSSR count). The van der Waals surface area contributed by atoms with Crippen molar-refractivity contribution in [3.05, 3.63) is 29.6 Å². The van der Waals surface area contributed by atoms with E-state index in [1.165, 1.54) is 7.11 Å². The fourth-order valence-electron chi connectivity index (χ4n) is 0.812. The van der Waals surface area contributed by atoms with Gasteiger partial charge in [0, 0.05) is 6.20 Å². The first kappa shape index (κ1) is 10.7. The van der Waals surface area contributed by atoms with Crippen molar-refractivity contribution < 1.29 is 9.53 Å². The number of methoxy groups -OCH3 is 1. The summed E-state index contributed by atoms with van der Waals surface area (Å²) in [6, 6.07) is 3.28. The van der Waals surface area contributed by atoms with Crippen molar-refractivity contribution in [2.75, 3.05) is 7.11 Å². The van der Waals surface area contributed by atoms with Gasteiger partial charge in [0.25, 0.3) is 0 Å². The predicted octanol–water partition coefficient (Wildman–Crippen LogP) is 2.66. The average Bonchev–Trinajstić information content (AvgIpc) is 2.17. The molecular formula is C8H7Br2NO2. The number of hydrogen-bond acceptors (Lipinski definition) is 3. The van der Waals surface area contributed by atoms with Gasteiger partial charge in [-0.3, -0.25) is 4.98 Å². The molecule has 0 amide bonds. The molecule has 1 aromatic heterocycles. The van der Waals surface area contributed by atoms with Crippen molar-refractivity contribution in [2.45, 2.75) is 3.74 Å². The first-order valence-electron chi connectivity index (χ1n) is 3.47. The number of carbonyl (C=O) groups excluding carboxylic acids is 1. The van der Waals surface area contributed by atoms with Crippen LogP contribution < -0.4 is 0 Å². The normalized spacial score (nSPS) is 10.2. The molecule has 0 aromatic carbocycles. The Bertz CT molecular complexity index is 315. The molecule has 0 atom stereocenters. The summed E-state index contributed by atoms with van der Waals surface area (Å²) in [6.45, 7) is 0. The standard InChI is InChI=1S/C8H7Br2NO2/c1-13-8(12)5-2-3-11-6(4-5)7(9)10/h2-4,7H,1H3. The van der Waals surface area contributed by atoms with Gasteiger partial charge < -0.3 is 4.74 Å². The Hall–Kier alpha value is -0.420. The second-order valence-corrected chi connectivity index (χ2v) is 5.32. The Morgan fingerprint density at radius 1 is 1.62 bits per heavy atom. The van der Waals surface area contributed by atoms with Crippen LogP contribution in [0.3, 0.4) is 0 Å². The minimum Gasteiger partial charge on any atom is -0.465 e. The van der Waals surface area contributed by atoms with E-state index in [1.54, 1.807) is 18.3 Å². The molecule has 70 valence electrons. The van der Waals surface area contributed by atoms with Gasteiger partial charge in [-0.15, -0.1) is 0 Å². The van der Waals surface area contributed by atoms with Gasteiger partial charge in [0.15, 0.2) is 0 Å². The van der Waals surface area contributed by atoms with Crippen LogP contribution in [0.15, 0.2) is 18.3 Å². The second-order valence-electron chi connectivity index (χ2n) is 2.26. The highest BCUT2D eigenvalue weighted by molar-refractivity contribution is 9.24. The largest absolute Gasteiger partial charge is 0.465 e. The summed E-state index contributed by atoms with van der Waals surface area (Å²) in [7, 11) is 1.35. The molecule has 0 spiro atoms. The summed E-state index contributed by atoms with van der Waals surface area (Å²) in [5.41, 5.74) is 1.24. The molecule has 0 saturated heterocycles. The average molecular weight is 309 g/mol. The molecule has 0 radical (unpaired) electrons. The summed E-state index contributed by atoms with van der Waals surface area (Å²) < 4.78 is 4.52. The zero-order valence-electron chi connectivity index (χ0n) is 6.83. The molecule has 0 bridgehead atoms. The summed E-state index contributed by atoms with van der Waals surface area (Å²) in [5, 5.41) is 0. The number of rotatable bonds is 2. The van der Waals surface area contributed by atoms with E-state index in [0.29, 0.717) is 5.56 Å². The predicted molar refractivity (Wildman–Crippen MR) is 56.2 cm³/mol. The summed E-state index contributed by atoms with van der Waals surface area (Å²) in [4.78, 5) is 15.2. The minimum atomic E-state index is -0.357. The van der Waals surface area contributed by atoms with E-state index in [0.717, 1.165) is 5.69 Å². The van der Waals surface area contributed by atoms with Crippen LogP contribution in [-0.4, -0.2) is 18.1 Å². The molecule has 0 fully saturated rings. The Morgan fingerprint density at radius 2 is 2.31 bits per heavy atom. The van der Waals surface area contributed by atoms with Crippen LogP contribution in [0.1, 0.15) is 19.8 Å². The quantitative estimate of drug-likeness (QED) is 0.623. The van der Waals surface area contributed by atoms with E-state index in [2.05, 4.69) is 41.6 Å². The van der Waals surface area contributed by atoms with E-state index < -0.39 is 0 Å². The van der Waals surface area contributed by atoms with Crippen molar-refractivity contribution in [1.29, 1.82) is 0 Å². The van der Waals surface area contributed by atoms with Crippen LogP contribution in [-0.2, 0) is 4.74 Å². The van der Waals surface area contributed by atoms with Crippen LogP contribution in [0.4, 0.5) is 0 Å². The van der Waals surface area contributed by atoms with Gasteiger partial charge in [-0.1, -0.05) is 31.9 Å². The van der Waals surface area contributed by atoms with Crippen molar-refractivity contribution in [3.63, 3.8) is 0 Å². The number of ether oxygens (including phenoxy) is 1. The number of nitrogens with zero attached hydrogens (tertiary/aromatic N) is 1. The van der Waals surface area contributed by atoms with Crippen molar-refractivity contribution >= 4 is 37.8 Å². The molecule has 0 aliphatic carbocycles. The van der Waals surface area contributed by atoms with Gasteiger partial charge in [-0.25, -0.2) is 4.79 Å². The van der Waals surface area contributed by atoms with Crippen LogP contribution in [0.2, 0.25) is 0 Å². The Morgan fingerprint density at radius 3 is 2.85 bits per heavy atom. The Balaban J connectivity index is 2.98.